The Morgan fingerprint density at radius 1 is 1.29 bits per heavy atom. The van der Waals surface area contributed by atoms with E-state index in [0.717, 1.165) is 37.4 Å². The van der Waals surface area contributed by atoms with E-state index in [1.54, 1.807) is 16.8 Å². The Morgan fingerprint density at radius 2 is 2.12 bits per heavy atom. The maximum atomic E-state index is 7.96. The molecule has 0 unspecified atom stereocenters. The van der Waals surface area contributed by atoms with Gasteiger partial charge in [-0.2, -0.15) is 5.10 Å². The molecular formula is C12H14N4O. The van der Waals surface area contributed by atoms with E-state index in [-0.39, 0.29) is 0 Å². The van der Waals surface area contributed by atoms with Crippen molar-refractivity contribution in [3.8, 4) is 0 Å². The predicted octanol–water partition coefficient (Wildman–Crippen LogP) is 1.10. The third-order valence-electron chi connectivity index (χ3n) is 3.54. The van der Waals surface area contributed by atoms with Crippen LogP contribution in [-0.2, 0) is 4.74 Å². The summed E-state index contributed by atoms with van der Waals surface area (Å²) in [7, 11) is 0. The van der Waals surface area contributed by atoms with Gasteiger partial charge in [0.25, 0.3) is 0 Å². The summed E-state index contributed by atoms with van der Waals surface area (Å²) in [5.41, 5.74) is 0.733. The molecule has 2 saturated heterocycles. The zero-order chi connectivity index (χ0) is 12.1. The Labute approximate surface area is 100 Å². The zero-order valence-corrected chi connectivity index (χ0v) is 9.41. The Kier molecular flexibility index (Phi) is 1.71. The molecule has 4 rings (SSSR count). The lowest BCUT2D eigenvalue weighted by Gasteiger charge is -2.32. The van der Waals surface area contributed by atoms with E-state index in [4.69, 9.17) is 6.11 Å². The highest BCUT2D eigenvalue weighted by molar-refractivity contribution is 5.47. The molecule has 0 aliphatic carbocycles. The van der Waals surface area contributed by atoms with Gasteiger partial charge >= 0.3 is 0 Å². The minimum Gasteiger partial charge on any atom is -0.371 e. The van der Waals surface area contributed by atoms with E-state index in [1.807, 2.05) is 6.07 Å². The number of rotatable bonds is 1. The van der Waals surface area contributed by atoms with Gasteiger partial charge in [-0.25, -0.2) is 9.50 Å². The van der Waals surface area contributed by atoms with Crippen LogP contribution in [0, 0.1) is 0 Å². The second-order valence-electron chi connectivity index (χ2n) is 4.71. The number of anilines is 1. The van der Waals surface area contributed by atoms with Gasteiger partial charge in [0.15, 0.2) is 5.65 Å². The molecule has 0 saturated carbocycles. The fourth-order valence-electron chi connectivity index (χ4n) is 2.71. The van der Waals surface area contributed by atoms with Crippen LogP contribution in [0.3, 0.4) is 0 Å². The molecule has 5 heteroatoms. The van der Waals surface area contributed by atoms with Crippen LogP contribution in [0.5, 0.6) is 0 Å². The summed E-state index contributed by atoms with van der Waals surface area (Å²) < 4.78 is 15.3. The minimum absolute atomic E-state index is 0.334. The van der Waals surface area contributed by atoms with E-state index in [1.165, 1.54) is 0 Å². The van der Waals surface area contributed by atoms with E-state index in [9.17, 15) is 0 Å². The van der Waals surface area contributed by atoms with Crippen molar-refractivity contribution in [3.05, 3.63) is 24.5 Å². The van der Waals surface area contributed by atoms with Crippen molar-refractivity contribution in [3.63, 3.8) is 0 Å². The first-order chi connectivity index (χ1) is 8.79. The average Bonchev–Trinajstić information content (AvgIpc) is 2.96. The van der Waals surface area contributed by atoms with Gasteiger partial charge < -0.3 is 9.64 Å². The number of hydrogen-bond donors (Lipinski definition) is 0. The molecule has 17 heavy (non-hydrogen) atoms. The van der Waals surface area contributed by atoms with Gasteiger partial charge in [-0.1, -0.05) is 0 Å². The summed E-state index contributed by atoms with van der Waals surface area (Å²) in [4.78, 5) is 6.80. The number of morpholine rings is 1. The average molecular weight is 231 g/mol. The van der Waals surface area contributed by atoms with Crippen LogP contribution in [0.4, 0.5) is 5.82 Å². The Bertz CT molecular complexity index is 587. The van der Waals surface area contributed by atoms with Crippen molar-refractivity contribution in [2.24, 2.45) is 0 Å². The van der Waals surface area contributed by atoms with Crippen LogP contribution >= 0.6 is 0 Å². The Hall–Kier alpha value is -1.62. The second-order valence-corrected chi connectivity index (χ2v) is 4.71. The van der Waals surface area contributed by atoms with Crippen LogP contribution in [0.2, 0.25) is 0 Å². The molecule has 2 aromatic rings. The summed E-state index contributed by atoms with van der Waals surface area (Å²) in [5, 5.41) is 4.07. The quantitative estimate of drug-likeness (QED) is 0.737. The first-order valence-corrected chi connectivity index (χ1v) is 6.01. The summed E-state index contributed by atoms with van der Waals surface area (Å²) >= 11 is 0. The molecule has 0 N–H and O–H groups in total. The normalized spacial score (nSPS) is 28.7. The van der Waals surface area contributed by atoms with Crippen LogP contribution in [-0.4, -0.2) is 39.9 Å². The highest BCUT2D eigenvalue weighted by Crippen LogP contribution is 2.28. The standard InChI is InChI=1S/C12H14N4O/c1-2-10-8-15(7-9(1)17-10)11-4-6-16-12(14-11)3-5-13-16/h3-6,9-10H,1-2,7-8H2/t9-,10+/i6D. The van der Waals surface area contributed by atoms with Gasteiger partial charge in [0.2, 0.25) is 0 Å². The van der Waals surface area contributed by atoms with Crippen molar-refractivity contribution < 1.29 is 6.11 Å². The third kappa shape index (κ3) is 1.50. The lowest BCUT2D eigenvalue weighted by molar-refractivity contribution is 0.0302. The van der Waals surface area contributed by atoms with Crippen molar-refractivity contribution in [2.45, 2.75) is 25.0 Å². The molecule has 5 nitrogen and oxygen atoms in total. The molecule has 2 aliphatic heterocycles. The van der Waals surface area contributed by atoms with Crippen LogP contribution in [0.1, 0.15) is 14.2 Å². The van der Waals surface area contributed by atoms with Crippen molar-refractivity contribution >= 4 is 11.5 Å². The molecule has 0 aromatic carbocycles. The van der Waals surface area contributed by atoms with Crippen LogP contribution in [0.25, 0.3) is 5.65 Å². The predicted molar refractivity (Wildman–Crippen MR) is 63.1 cm³/mol. The largest absolute Gasteiger partial charge is 0.371 e. The lowest BCUT2D eigenvalue weighted by atomic mass is 10.2. The number of aromatic nitrogens is 3. The molecule has 2 aromatic heterocycles. The van der Waals surface area contributed by atoms with E-state index in [0.29, 0.717) is 18.4 Å². The Morgan fingerprint density at radius 3 is 2.94 bits per heavy atom. The molecule has 0 radical (unpaired) electrons. The molecule has 4 heterocycles. The second kappa shape index (κ2) is 3.43. The van der Waals surface area contributed by atoms with Gasteiger partial charge in [-0.05, 0) is 18.9 Å². The first kappa shape index (κ1) is 8.47. The zero-order valence-electron chi connectivity index (χ0n) is 10.4. The highest BCUT2D eigenvalue weighted by atomic mass is 16.5. The van der Waals surface area contributed by atoms with Crippen LogP contribution in [0.15, 0.2) is 24.5 Å². The molecule has 2 atom stereocenters. The minimum atomic E-state index is 0.334. The lowest BCUT2D eigenvalue weighted by Crippen LogP contribution is -2.43. The molecule has 2 aliphatic rings. The van der Waals surface area contributed by atoms with Gasteiger partial charge in [0, 0.05) is 25.3 Å². The molecule has 2 fully saturated rings. The van der Waals surface area contributed by atoms with Crippen LogP contribution < -0.4 is 4.90 Å². The monoisotopic (exact) mass is 231 g/mol. The van der Waals surface area contributed by atoms with Gasteiger partial charge in [0.1, 0.15) is 5.82 Å². The van der Waals surface area contributed by atoms with Gasteiger partial charge in [-0.3, -0.25) is 0 Å². The number of nitrogens with zero attached hydrogens (tertiary/aromatic N) is 4. The highest BCUT2D eigenvalue weighted by Gasteiger charge is 2.34. The molecule has 0 spiro atoms. The summed E-state index contributed by atoms with van der Waals surface area (Å²) in [5.74, 6) is 0.869. The van der Waals surface area contributed by atoms with Crippen molar-refractivity contribution in [1.29, 1.82) is 0 Å². The van der Waals surface area contributed by atoms with Crippen molar-refractivity contribution in [2.75, 3.05) is 18.0 Å². The van der Waals surface area contributed by atoms with Crippen molar-refractivity contribution in [1.82, 2.24) is 14.6 Å². The van der Waals surface area contributed by atoms with E-state index >= 15 is 0 Å². The molecule has 0 amide bonds. The Balaban J connectivity index is 1.73. The third-order valence-corrected chi connectivity index (χ3v) is 3.54. The first-order valence-electron chi connectivity index (χ1n) is 6.51. The number of fused-ring (bicyclic) bond motifs is 3. The smallest absolute Gasteiger partial charge is 0.157 e. The summed E-state index contributed by atoms with van der Waals surface area (Å²) in [6, 6.07) is 3.61. The molecular weight excluding hydrogens is 216 g/mol. The molecule has 2 bridgehead atoms. The molecule has 88 valence electrons. The SMILES string of the molecule is [2H]c1cc(N2C[C@H]3CC[C@@H](C2)O3)nc2ccnn12. The van der Waals surface area contributed by atoms with E-state index < -0.39 is 0 Å². The van der Waals surface area contributed by atoms with Gasteiger partial charge in [0.05, 0.1) is 19.8 Å². The van der Waals surface area contributed by atoms with Gasteiger partial charge in [-0.15, -0.1) is 0 Å². The fraction of sp³-hybridized carbons (Fsp3) is 0.500. The topological polar surface area (TPSA) is 42.7 Å². The fourth-order valence-corrected chi connectivity index (χ4v) is 2.71. The maximum Gasteiger partial charge on any atom is 0.157 e. The maximum absolute atomic E-state index is 7.96. The number of ether oxygens (including phenoxy) is 1. The summed E-state index contributed by atoms with van der Waals surface area (Å²) in [6.45, 7) is 1.76. The van der Waals surface area contributed by atoms with E-state index in [2.05, 4.69) is 15.0 Å². The number of hydrogen-bond acceptors (Lipinski definition) is 4. The summed E-state index contributed by atoms with van der Waals surface area (Å²) in [6.07, 6.45) is 5.00.